The fourth-order valence-corrected chi connectivity index (χ4v) is 24.9. The van der Waals surface area contributed by atoms with Crippen LogP contribution in [0.3, 0.4) is 0 Å². The molecule has 0 saturated heterocycles. The Balaban J connectivity index is 2.02. The summed E-state index contributed by atoms with van der Waals surface area (Å²) in [5, 5.41) is 0. The summed E-state index contributed by atoms with van der Waals surface area (Å²) in [7, 11) is 0. The Bertz CT molecular complexity index is 1210. The summed E-state index contributed by atoms with van der Waals surface area (Å²) in [6.45, 7) is 16.6. The molecule has 0 amide bonds. The minimum absolute atomic E-state index is 0.556. The summed E-state index contributed by atoms with van der Waals surface area (Å²) in [5.41, 5.74) is 13.5. The van der Waals surface area contributed by atoms with Crippen LogP contribution in [0.2, 0.25) is 9.26 Å². The molecule has 0 aromatic heterocycles. The number of rotatable bonds is 3. The molecule has 30 heavy (non-hydrogen) atoms. The third kappa shape index (κ3) is 3.09. The van der Waals surface area contributed by atoms with Crippen molar-refractivity contribution in [3.05, 3.63) is 96.4 Å². The molecule has 156 valence electrons. The number of allylic oxidation sites excluding steroid dienone is 5. The van der Waals surface area contributed by atoms with Gasteiger partial charge in [-0.15, -0.1) is 0 Å². The van der Waals surface area contributed by atoms with Gasteiger partial charge in [-0.1, -0.05) is 0 Å². The van der Waals surface area contributed by atoms with E-state index < -0.39 is 17.4 Å². The van der Waals surface area contributed by atoms with Gasteiger partial charge in [-0.25, -0.2) is 0 Å². The van der Waals surface area contributed by atoms with Crippen molar-refractivity contribution in [1.82, 2.24) is 0 Å². The molecule has 0 nitrogen and oxygen atoms in total. The van der Waals surface area contributed by atoms with Crippen LogP contribution >= 0.6 is 0 Å². The summed E-state index contributed by atoms with van der Waals surface area (Å²) < 4.78 is 7.80. The Labute approximate surface area is 185 Å². The molecule has 2 aromatic rings. The molecule has 2 aliphatic carbocycles. The van der Waals surface area contributed by atoms with Crippen molar-refractivity contribution in [1.29, 1.82) is 0 Å². The normalized spacial score (nSPS) is 22.0. The zero-order valence-electron chi connectivity index (χ0n) is 20.0. The third-order valence-electron chi connectivity index (χ3n) is 8.19. The fourth-order valence-electron chi connectivity index (χ4n) is 6.37. The predicted molar refractivity (Wildman–Crippen MR) is 133 cm³/mol. The van der Waals surface area contributed by atoms with Crippen molar-refractivity contribution in [2.45, 2.75) is 54.4 Å². The molecule has 0 fully saturated rings. The van der Waals surface area contributed by atoms with Crippen molar-refractivity contribution in [3.8, 4) is 0 Å². The molecule has 0 saturated carbocycles. The molecule has 0 bridgehead atoms. The first-order valence-corrected chi connectivity index (χ1v) is 24.8. The standard InChI is InChI=1S/C17H15.C9H13.2CH3.H2Si.Zr/c1-12-8-9-13(2)17-15(12)10-11-16(17)14-6-4-3-5-7-14;1-6-5-7(2)9(4)8(6)3;;;;/h3-11H,1-2H3;6H,1-4H3;2*1H3;1H2;. The van der Waals surface area contributed by atoms with Gasteiger partial charge in [-0.05, 0) is 0 Å². The second-order valence-electron chi connectivity index (χ2n) is 10.8. The molecule has 0 radical (unpaired) electrons. The monoisotopic (exact) mass is 490 g/mol. The Morgan fingerprint density at radius 1 is 0.800 bits per heavy atom. The SMILES string of the molecule is CC1=C(C)C(C)[C]([Zr]([CH3])([CH3])(=[SiH2])[CH]2C=C(c3ccccc3)c3c(C)ccc(C)c32)=C1C. The van der Waals surface area contributed by atoms with Crippen LogP contribution < -0.4 is 0 Å². The summed E-state index contributed by atoms with van der Waals surface area (Å²) in [4.78, 5) is 0. The number of hydrogen-bond donors (Lipinski definition) is 0. The first kappa shape index (κ1) is 22.0. The van der Waals surface area contributed by atoms with Crippen LogP contribution in [0.15, 0.2) is 68.5 Å². The maximum absolute atomic E-state index is 3.36. The van der Waals surface area contributed by atoms with E-state index in [2.05, 4.69) is 106 Å². The van der Waals surface area contributed by atoms with E-state index in [-0.39, 0.29) is 0 Å². The quantitative estimate of drug-likeness (QED) is 0.393. The molecule has 2 atom stereocenters. The summed E-state index contributed by atoms with van der Waals surface area (Å²) >= 11 is -3.36. The van der Waals surface area contributed by atoms with Gasteiger partial charge in [0, 0.05) is 0 Å². The topological polar surface area (TPSA) is 0 Å². The fraction of sp³-hybridized carbons (Fsp3) is 0.357. The Hall–Kier alpha value is -1.24. The van der Waals surface area contributed by atoms with E-state index in [1.54, 1.807) is 22.3 Å². The van der Waals surface area contributed by atoms with Crippen molar-refractivity contribution in [2.75, 3.05) is 0 Å². The van der Waals surface area contributed by atoms with Crippen molar-refractivity contribution in [3.63, 3.8) is 0 Å². The zero-order chi connectivity index (χ0) is 22.0. The molecule has 2 aliphatic rings. The predicted octanol–water partition coefficient (Wildman–Crippen LogP) is 7.38. The van der Waals surface area contributed by atoms with Gasteiger partial charge < -0.3 is 0 Å². The van der Waals surface area contributed by atoms with E-state index in [1.165, 1.54) is 27.8 Å². The first-order chi connectivity index (χ1) is 13.9. The van der Waals surface area contributed by atoms with Crippen LogP contribution in [0, 0.1) is 19.8 Å². The Kier molecular flexibility index (Phi) is 5.23. The molecule has 0 heterocycles. The minimum atomic E-state index is -3.36. The van der Waals surface area contributed by atoms with Crippen LogP contribution in [-0.2, 0) is 17.4 Å². The molecule has 0 N–H and O–H groups in total. The zero-order valence-corrected chi connectivity index (χ0v) is 23.9. The van der Waals surface area contributed by atoms with Gasteiger partial charge in [0.05, 0.1) is 0 Å². The summed E-state index contributed by atoms with van der Waals surface area (Å²) in [6, 6.07) is 15.7. The van der Waals surface area contributed by atoms with Gasteiger partial charge in [0.2, 0.25) is 0 Å². The van der Waals surface area contributed by atoms with E-state index in [0.717, 1.165) is 0 Å². The van der Waals surface area contributed by atoms with Crippen molar-refractivity contribution in [2.24, 2.45) is 5.92 Å². The first-order valence-electron chi connectivity index (χ1n) is 11.3. The summed E-state index contributed by atoms with van der Waals surface area (Å²) in [5.74, 6) is 0.589. The number of aryl methyl sites for hydroxylation is 2. The van der Waals surface area contributed by atoms with E-state index in [4.69, 9.17) is 0 Å². The van der Waals surface area contributed by atoms with Gasteiger partial charge in [-0.2, -0.15) is 0 Å². The third-order valence-corrected chi connectivity index (χ3v) is 25.4. The second-order valence-corrected chi connectivity index (χ2v) is 40.3. The molecular weight excluding hydrogens is 456 g/mol. The number of hydrogen-bond acceptors (Lipinski definition) is 0. The van der Waals surface area contributed by atoms with Gasteiger partial charge in [0.25, 0.3) is 0 Å². The van der Waals surface area contributed by atoms with Crippen molar-refractivity contribution >= 4 is 12.5 Å². The van der Waals surface area contributed by atoms with Crippen LogP contribution in [-0.4, -0.2) is 6.88 Å². The molecule has 2 unspecified atom stereocenters. The van der Waals surface area contributed by atoms with E-state index in [1.807, 2.05) is 3.28 Å². The van der Waals surface area contributed by atoms with Crippen LogP contribution in [0.25, 0.3) is 5.57 Å². The second kappa shape index (κ2) is 7.14. The molecule has 2 aromatic carbocycles. The molecule has 4 rings (SSSR count). The van der Waals surface area contributed by atoms with E-state index in [9.17, 15) is 0 Å². The number of benzene rings is 2. The molecule has 2 heteroatoms. The molecule has 0 aliphatic heterocycles. The van der Waals surface area contributed by atoms with Gasteiger partial charge >= 0.3 is 187 Å². The Morgan fingerprint density at radius 3 is 1.97 bits per heavy atom. The summed E-state index contributed by atoms with van der Waals surface area (Å²) in [6.07, 6.45) is 2.67. The van der Waals surface area contributed by atoms with Crippen LogP contribution in [0.4, 0.5) is 0 Å². The van der Waals surface area contributed by atoms with Gasteiger partial charge in [0.1, 0.15) is 0 Å². The van der Waals surface area contributed by atoms with Crippen LogP contribution in [0.5, 0.6) is 0 Å². The van der Waals surface area contributed by atoms with Gasteiger partial charge in [-0.3, -0.25) is 0 Å². The average molecular weight is 492 g/mol. The maximum atomic E-state index is 2.71. The average Bonchev–Trinajstić information content (AvgIpc) is 3.20. The van der Waals surface area contributed by atoms with Crippen LogP contribution in [0.1, 0.15) is 59.1 Å². The molecule has 0 spiro atoms. The van der Waals surface area contributed by atoms with E-state index >= 15 is 0 Å². The van der Waals surface area contributed by atoms with E-state index in [0.29, 0.717) is 9.54 Å². The number of fused-ring (bicyclic) bond motifs is 1. The van der Waals surface area contributed by atoms with Gasteiger partial charge in [0.15, 0.2) is 0 Å². The molecular formula is C28H36SiZr. The van der Waals surface area contributed by atoms with Crippen molar-refractivity contribution < 1.29 is 17.4 Å². The Morgan fingerprint density at radius 2 is 1.40 bits per heavy atom.